The Labute approximate surface area is 102 Å². The van der Waals surface area contributed by atoms with Gasteiger partial charge < -0.3 is 10.2 Å². The van der Waals surface area contributed by atoms with Crippen molar-refractivity contribution >= 4 is 17.6 Å². The van der Waals surface area contributed by atoms with Gasteiger partial charge in [-0.15, -0.1) is 0 Å². The van der Waals surface area contributed by atoms with E-state index in [1.807, 2.05) is 13.8 Å². The third kappa shape index (κ3) is 4.80. The van der Waals surface area contributed by atoms with Gasteiger partial charge in [-0.1, -0.05) is 6.58 Å². The zero-order chi connectivity index (χ0) is 13.4. The average molecular weight is 240 g/mol. The summed E-state index contributed by atoms with van der Waals surface area (Å²) < 4.78 is 0. The molecule has 17 heavy (non-hydrogen) atoms. The molecular formula is C12H20N2O3. The summed E-state index contributed by atoms with van der Waals surface area (Å²) in [6.45, 7) is 9.48. The van der Waals surface area contributed by atoms with Gasteiger partial charge in [-0.05, 0) is 26.8 Å². The van der Waals surface area contributed by atoms with Gasteiger partial charge in [-0.2, -0.15) is 0 Å². The van der Waals surface area contributed by atoms with Crippen LogP contribution >= 0.6 is 0 Å². The summed E-state index contributed by atoms with van der Waals surface area (Å²) in [5.41, 5.74) is 0. The monoisotopic (exact) mass is 240 g/mol. The zero-order valence-electron chi connectivity index (χ0n) is 10.7. The van der Waals surface area contributed by atoms with Crippen LogP contribution in [0.1, 0.15) is 20.8 Å². The van der Waals surface area contributed by atoms with Crippen LogP contribution in [-0.4, -0.2) is 42.1 Å². The van der Waals surface area contributed by atoms with Gasteiger partial charge in [0, 0.05) is 19.6 Å². The molecule has 1 unspecified atom stereocenters. The summed E-state index contributed by atoms with van der Waals surface area (Å²) in [7, 11) is 0. The zero-order valence-corrected chi connectivity index (χ0v) is 10.7. The van der Waals surface area contributed by atoms with Crippen LogP contribution < -0.4 is 5.32 Å². The van der Waals surface area contributed by atoms with Crippen molar-refractivity contribution < 1.29 is 14.4 Å². The van der Waals surface area contributed by atoms with Gasteiger partial charge in [0.2, 0.25) is 11.8 Å². The Morgan fingerprint density at radius 2 is 1.82 bits per heavy atom. The lowest BCUT2D eigenvalue weighted by molar-refractivity contribution is -0.140. The van der Waals surface area contributed by atoms with Crippen molar-refractivity contribution in [2.24, 2.45) is 5.92 Å². The number of carbonyl (C=O) groups is 3. The molecule has 0 saturated heterocycles. The molecule has 0 aliphatic carbocycles. The van der Waals surface area contributed by atoms with Crippen molar-refractivity contribution in [3.63, 3.8) is 0 Å². The fourth-order valence-corrected chi connectivity index (χ4v) is 1.44. The van der Waals surface area contributed by atoms with E-state index in [-0.39, 0.29) is 24.1 Å². The summed E-state index contributed by atoms with van der Waals surface area (Å²) in [6.07, 6.45) is 1.11. The summed E-state index contributed by atoms with van der Waals surface area (Å²) >= 11 is 0. The second-order valence-electron chi connectivity index (χ2n) is 3.62. The van der Waals surface area contributed by atoms with Gasteiger partial charge >= 0.3 is 0 Å². The van der Waals surface area contributed by atoms with Crippen LogP contribution in [0.4, 0.5) is 0 Å². The molecule has 1 atom stereocenters. The lowest BCUT2D eigenvalue weighted by Gasteiger charge is -2.23. The lowest BCUT2D eigenvalue weighted by atomic mass is 10.0. The second kappa shape index (κ2) is 7.60. The van der Waals surface area contributed by atoms with E-state index in [0.717, 1.165) is 6.08 Å². The van der Waals surface area contributed by atoms with Crippen molar-refractivity contribution in [3.05, 3.63) is 12.7 Å². The molecule has 0 aromatic carbocycles. The number of Topliss-reactive ketones (excluding diaryl/α,β-unsaturated/α-hetero) is 1. The number of carbonyl (C=O) groups excluding carboxylic acids is 3. The van der Waals surface area contributed by atoms with Crippen molar-refractivity contribution in [2.45, 2.75) is 20.8 Å². The topological polar surface area (TPSA) is 66.5 Å². The molecule has 0 aliphatic rings. The van der Waals surface area contributed by atoms with Crippen LogP contribution in [0.2, 0.25) is 0 Å². The third-order valence-corrected chi connectivity index (χ3v) is 2.53. The highest BCUT2D eigenvalue weighted by Gasteiger charge is 2.26. The van der Waals surface area contributed by atoms with Gasteiger partial charge in [0.1, 0.15) is 11.7 Å². The lowest BCUT2D eigenvalue weighted by Crippen LogP contribution is -2.44. The molecule has 0 heterocycles. The maximum absolute atomic E-state index is 12.0. The fourth-order valence-electron chi connectivity index (χ4n) is 1.44. The molecule has 0 radical (unpaired) electrons. The summed E-state index contributed by atoms with van der Waals surface area (Å²) in [6, 6.07) is 0. The molecule has 0 bridgehead atoms. The molecule has 0 spiro atoms. The first-order valence-electron chi connectivity index (χ1n) is 5.67. The molecule has 0 rings (SSSR count). The largest absolute Gasteiger partial charge is 0.351 e. The minimum atomic E-state index is -0.807. The highest BCUT2D eigenvalue weighted by atomic mass is 16.2. The van der Waals surface area contributed by atoms with E-state index < -0.39 is 5.92 Å². The van der Waals surface area contributed by atoms with Gasteiger partial charge in [-0.3, -0.25) is 14.4 Å². The normalized spacial score (nSPS) is 11.5. The predicted molar refractivity (Wildman–Crippen MR) is 65.3 cm³/mol. The molecule has 0 saturated carbocycles. The fraction of sp³-hybridized carbons (Fsp3) is 0.583. The van der Waals surface area contributed by atoms with E-state index in [1.165, 1.54) is 6.92 Å². The van der Waals surface area contributed by atoms with E-state index >= 15 is 0 Å². The van der Waals surface area contributed by atoms with Crippen LogP contribution in [-0.2, 0) is 14.4 Å². The Morgan fingerprint density at radius 1 is 1.29 bits per heavy atom. The number of hydrogen-bond acceptors (Lipinski definition) is 3. The maximum Gasteiger partial charge on any atom is 0.243 e. The number of ketones is 1. The summed E-state index contributed by atoms with van der Waals surface area (Å²) in [4.78, 5) is 36.0. The average Bonchev–Trinajstić information content (AvgIpc) is 2.30. The minimum absolute atomic E-state index is 0.0233. The van der Waals surface area contributed by atoms with Crippen molar-refractivity contribution in [2.75, 3.05) is 19.6 Å². The molecule has 0 aliphatic heterocycles. The third-order valence-electron chi connectivity index (χ3n) is 2.53. The number of hydrogen-bond donors (Lipinski definition) is 1. The first-order valence-corrected chi connectivity index (χ1v) is 5.67. The number of nitrogens with one attached hydrogen (secondary N) is 1. The molecular weight excluding hydrogens is 220 g/mol. The van der Waals surface area contributed by atoms with E-state index in [4.69, 9.17) is 0 Å². The number of amides is 2. The van der Waals surface area contributed by atoms with Crippen molar-refractivity contribution in [3.8, 4) is 0 Å². The van der Waals surface area contributed by atoms with Crippen molar-refractivity contribution in [1.29, 1.82) is 0 Å². The van der Waals surface area contributed by atoms with E-state index in [9.17, 15) is 14.4 Å². The molecule has 0 aromatic heterocycles. The molecule has 96 valence electrons. The SMILES string of the molecule is C=CC(=O)NCC(C(C)=O)C(=O)N(CC)CC. The summed E-state index contributed by atoms with van der Waals surface area (Å²) in [5.74, 6) is -1.68. The maximum atomic E-state index is 12.0. The molecule has 2 amide bonds. The van der Waals surface area contributed by atoms with Gasteiger partial charge in [0.15, 0.2) is 0 Å². The highest BCUT2D eigenvalue weighted by molar-refractivity contribution is 6.01. The van der Waals surface area contributed by atoms with Crippen LogP contribution in [0.3, 0.4) is 0 Å². The molecule has 1 N–H and O–H groups in total. The Kier molecular flexibility index (Phi) is 6.86. The van der Waals surface area contributed by atoms with E-state index in [1.54, 1.807) is 4.90 Å². The first kappa shape index (κ1) is 15.3. The van der Waals surface area contributed by atoms with E-state index in [2.05, 4.69) is 11.9 Å². The smallest absolute Gasteiger partial charge is 0.243 e. The van der Waals surface area contributed by atoms with Gasteiger partial charge in [0.25, 0.3) is 0 Å². The second-order valence-corrected chi connectivity index (χ2v) is 3.62. The van der Waals surface area contributed by atoms with Gasteiger partial charge in [-0.25, -0.2) is 0 Å². The Bertz CT molecular complexity index is 309. The van der Waals surface area contributed by atoms with Crippen LogP contribution in [0.5, 0.6) is 0 Å². The molecule has 0 aromatic rings. The molecule has 0 fully saturated rings. The standard InChI is InChI=1S/C12H20N2O3/c1-5-11(16)13-8-10(9(4)15)12(17)14(6-2)7-3/h5,10H,1,6-8H2,2-4H3,(H,13,16). The highest BCUT2D eigenvalue weighted by Crippen LogP contribution is 2.04. The summed E-state index contributed by atoms with van der Waals surface area (Å²) in [5, 5.41) is 2.47. The minimum Gasteiger partial charge on any atom is -0.351 e. The molecule has 5 heteroatoms. The quantitative estimate of drug-likeness (QED) is 0.516. The number of nitrogens with zero attached hydrogens (tertiary/aromatic N) is 1. The Hall–Kier alpha value is -1.65. The Balaban J connectivity index is 4.62. The first-order chi connectivity index (χ1) is 7.97. The number of rotatable bonds is 7. The van der Waals surface area contributed by atoms with Gasteiger partial charge in [0.05, 0.1) is 0 Å². The molecule has 5 nitrogen and oxygen atoms in total. The predicted octanol–water partition coefficient (Wildman–Crippen LogP) is 0.362. The van der Waals surface area contributed by atoms with Crippen LogP contribution in [0, 0.1) is 5.92 Å². The van der Waals surface area contributed by atoms with E-state index in [0.29, 0.717) is 13.1 Å². The van der Waals surface area contributed by atoms with Crippen molar-refractivity contribution in [1.82, 2.24) is 10.2 Å². The Morgan fingerprint density at radius 3 is 2.18 bits per heavy atom. The van der Waals surface area contributed by atoms with Crippen LogP contribution in [0.15, 0.2) is 12.7 Å². The van der Waals surface area contributed by atoms with Crippen LogP contribution in [0.25, 0.3) is 0 Å².